The SMILES string of the molecule is CC(C)Oc1ccnc(N2CCCC3CNCC32)n1. The second-order valence-electron chi connectivity index (χ2n) is 5.68. The Labute approximate surface area is 114 Å². The lowest BCUT2D eigenvalue weighted by Crippen LogP contribution is -2.46. The summed E-state index contributed by atoms with van der Waals surface area (Å²) in [4.78, 5) is 11.3. The fraction of sp³-hybridized carbons (Fsp3) is 0.714. The Balaban J connectivity index is 1.80. The van der Waals surface area contributed by atoms with Gasteiger partial charge in [-0.2, -0.15) is 4.98 Å². The number of aromatic nitrogens is 2. The number of nitrogens with one attached hydrogen (secondary N) is 1. The van der Waals surface area contributed by atoms with Crippen molar-refractivity contribution in [2.45, 2.75) is 38.8 Å². The lowest BCUT2D eigenvalue weighted by atomic mass is 9.92. The van der Waals surface area contributed by atoms with E-state index < -0.39 is 0 Å². The number of nitrogens with zero attached hydrogens (tertiary/aromatic N) is 3. The third-order valence-corrected chi connectivity index (χ3v) is 3.91. The summed E-state index contributed by atoms with van der Waals surface area (Å²) >= 11 is 0. The Morgan fingerprint density at radius 3 is 3.16 bits per heavy atom. The molecule has 0 spiro atoms. The normalized spacial score (nSPS) is 26.6. The van der Waals surface area contributed by atoms with Crippen LogP contribution in [0.25, 0.3) is 0 Å². The van der Waals surface area contributed by atoms with E-state index in [-0.39, 0.29) is 6.10 Å². The average molecular weight is 262 g/mol. The van der Waals surface area contributed by atoms with E-state index in [2.05, 4.69) is 20.2 Å². The third-order valence-electron chi connectivity index (χ3n) is 3.91. The number of fused-ring (bicyclic) bond motifs is 1. The van der Waals surface area contributed by atoms with Gasteiger partial charge in [0.05, 0.1) is 6.10 Å². The molecular formula is C14H22N4O. The highest BCUT2D eigenvalue weighted by Crippen LogP contribution is 2.29. The standard InChI is InChI=1S/C14H22N4O/c1-10(2)19-13-5-6-16-14(17-13)18-7-3-4-11-8-15-9-12(11)18/h5-6,10-12,15H,3-4,7-9H2,1-2H3. The van der Waals surface area contributed by atoms with Crippen molar-refractivity contribution < 1.29 is 4.74 Å². The summed E-state index contributed by atoms with van der Waals surface area (Å²) in [7, 11) is 0. The topological polar surface area (TPSA) is 50.3 Å². The van der Waals surface area contributed by atoms with Gasteiger partial charge in [-0.1, -0.05) is 0 Å². The molecule has 0 aromatic carbocycles. The van der Waals surface area contributed by atoms with Gasteiger partial charge in [0.15, 0.2) is 0 Å². The van der Waals surface area contributed by atoms with Crippen LogP contribution < -0.4 is 15.0 Å². The number of piperidine rings is 1. The minimum atomic E-state index is 0.144. The van der Waals surface area contributed by atoms with E-state index in [0.29, 0.717) is 11.9 Å². The predicted molar refractivity (Wildman–Crippen MR) is 74.5 cm³/mol. The van der Waals surface area contributed by atoms with E-state index in [0.717, 1.165) is 31.5 Å². The van der Waals surface area contributed by atoms with E-state index >= 15 is 0 Å². The number of hydrogen-bond acceptors (Lipinski definition) is 5. The number of hydrogen-bond donors (Lipinski definition) is 1. The molecule has 2 atom stereocenters. The molecule has 3 heterocycles. The first-order chi connectivity index (χ1) is 9.24. The highest BCUT2D eigenvalue weighted by Gasteiger charge is 2.36. The summed E-state index contributed by atoms with van der Waals surface area (Å²) in [6.07, 6.45) is 4.48. The van der Waals surface area contributed by atoms with Gasteiger partial charge in [-0.15, -0.1) is 0 Å². The van der Waals surface area contributed by atoms with Crippen LogP contribution >= 0.6 is 0 Å². The van der Waals surface area contributed by atoms with Gasteiger partial charge in [-0.3, -0.25) is 0 Å². The molecule has 5 nitrogen and oxygen atoms in total. The second kappa shape index (κ2) is 5.33. The molecule has 3 rings (SSSR count). The van der Waals surface area contributed by atoms with Gasteiger partial charge in [0.25, 0.3) is 0 Å². The molecule has 5 heteroatoms. The number of rotatable bonds is 3. The molecule has 0 aliphatic carbocycles. The summed E-state index contributed by atoms with van der Waals surface area (Å²) in [5.74, 6) is 2.23. The van der Waals surface area contributed by atoms with E-state index in [1.54, 1.807) is 6.20 Å². The monoisotopic (exact) mass is 262 g/mol. The van der Waals surface area contributed by atoms with Crippen molar-refractivity contribution in [3.8, 4) is 5.88 Å². The van der Waals surface area contributed by atoms with Gasteiger partial charge in [-0.25, -0.2) is 4.98 Å². The highest BCUT2D eigenvalue weighted by molar-refractivity contribution is 5.35. The molecular weight excluding hydrogens is 240 g/mol. The lowest BCUT2D eigenvalue weighted by molar-refractivity contribution is 0.232. The molecule has 1 N–H and O–H groups in total. The summed E-state index contributed by atoms with van der Waals surface area (Å²) in [6.45, 7) is 7.25. The smallest absolute Gasteiger partial charge is 0.228 e. The van der Waals surface area contributed by atoms with Crippen molar-refractivity contribution in [1.29, 1.82) is 0 Å². The van der Waals surface area contributed by atoms with Gasteiger partial charge in [0.1, 0.15) is 0 Å². The molecule has 1 aromatic rings. The summed E-state index contributed by atoms with van der Waals surface area (Å²) in [5.41, 5.74) is 0. The molecule has 104 valence electrons. The first-order valence-corrected chi connectivity index (χ1v) is 7.21. The molecule has 2 aliphatic rings. The van der Waals surface area contributed by atoms with E-state index in [4.69, 9.17) is 4.74 Å². The molecule has 0 saturated carbocycles. The van der Waals surface area contributed by atoms with Crippen LogP contribution in [-0.4, -0.2) is 41.7 Å². The number of ether oxygens (including phenoxy) is 1. The largest absolute Gasteiger partial charge is 0.475 e. The highest BCUT2D eigenvalue weighted by atomic mass is 16.5. The van der Waals surface area contributed by atoms with Crippen LogP contribution in [0.5, 0.6) is 5.88 Å². The van der Waals surface area contributed by atoms with Gasteiger partial charge in [-0.05, 0) is 32.6 Å². The maximum Gasteiger partial charge on any atom is 0.228 e. The lowest BCUT2D eigenvalue weighted by Gasteiger charge is -2.37. The first-order valence-electron chi connectivity index (χ1n) is 7.21. The maximum absolute atomic E-state index is 5.66. The van der Waals surface area contributed by atoms with Gasteiger partial charge in [0, 0.05) is 37.9 Å². The van der Waals surface area contributed by atoms with Crippen molar-refractivity contribution in [3.05, 3.63) is 12.3 Å². The van der Waals surface area contributed by atoms with Crippen LogP contribution in [0.15, 0.2) is 12.3 Å². The minimum absolute atomic E-state index is 0.144. The minimum Gasteiger partial charge on any atom is -0.475 e. The summed E-state index contributed by atoms with van der Waals surface area (Å²) in [5, 5.41) is 3.48. The fourth-order valence-corrected chi connectivity index (χ4v) is 3.09. The molecule has 19 heavy (non-hydrogen) atoms. The van der Waals surface area contributed by atoms with E-state index in [1.807, 2.05) is 19.9 Å². The van der Waals surface area contributed by atoms with Crippen LogP contribution in [0.3, 0.4) is 0 Å². The fourth-order valence-electron chi connectivity index (χ4n) is 3.09. The zero-order valence-electron chi connectivity index (χ0n) is 11.7. The molecule has 1 aromatic heterocycles. The third kappa shape index (κ3) is 2.66. The molecule has 2 unspecified atom stereocenters. The van der Waals surface area contributed by atoms with Crippen molar-refractivity contribution in [1.82, 2.24) is 15.3 Å². The zero-order valence-corrected chi connectivity index (χ0v) is 11.7. The van der Waals surface area contributed by atoms with Crippen molar-refractivity contribution in [2.75, 3.05) is 24.5 Å². The molecule has 0 bridgehead atoms. The van der Waals surface area contributed by atoms with E-state index in [1.165, 1.54) is 12.8 Å². The Morgan fingerprint density at radius 2 is 2.32 bits per heavy atom. The zero-order chi connectivity index (χ0) is 13.2. The first kappa shape index (κ1) is 12.7. The molecule has 0 radical (unpaired) electrons. The Morgan fingerprint density at radius 1 is 1.42 bits per heavy atom. The van der Waals surface area contributed by atoms with Crippen LogP contribution in [0, 0.1) is 5.92 Å². The van der Waals surface area contributed by atoms with Gasteiger partial charge >= 0.3 is 0 Å². The van der Waals surface area contributed by atoms with Crippen LogP contribution in [0.2, 0.25) is 0 Å². The van der Waals surface area contributed by atoms with Crippen LogP contribution in [0.1, 0.15) is 26.7 Å². The molecule has 0 amide bonds. The van der Waals surface area contributed by atoms with Crippen LogP contribution in [0.4, 0.5) is 5.95 Å². The number of anilines is 1. The Kier molecular flexibility index (Phi) is 3.55. The average Bonchev–Trinajstić information content (AvgIpc) is 2.86. The molecule has 2 fully saturated rings. The quantitative estimate of drug-likeness (QED) is 0.893. The van der Waals surface area contributed by atoms with E-state index in [9.17, 15) is 0 Å². The van der Waals surface area contributed by atoms with Gasteiger partial charge < -0.3 is 15.0 Å². The Hall–Kier alpha value is -1.36. The van der Waals surface area contributed by atoms with Crippen molar-refractivity contribution >= 4 is 5.95 Å². The van der Waals surface area contributed by atoms with Crippen molar-refractivity contribution in [2.24, 2.45) is 5.92 Å². The Bertz CT molecular complexity index is 437. The second-order valence-corrected chi connectivity index (χ2v) is 5.68. The van der Waals surface area contributed by atoms with Crippen LogP contribution in [-0.2, 0) is 0 Å². The maximum atomic E-state index is 5.66. The summed E-state index contributed by atoms with van der Waals surface area (Å²) < 4.78 is 5.66. The summed E-state index contributed by atoms with van der Waals surface area (Å²) in [6, 6.07) is 2.38. The molecule has 2 saturated heterocycles. The van der Waals surface area contributed by atoms with Crippen molar-refractivity contribution in [3.63, 3.8) is 0 Å². The van der Waals surface area contributed by atoms with Gasteiger partial charge in [0.2, 0.25) is 11.8 Å². The molecule has 2 aliphatic heterocycles. The predicted octanol–water partition coefficient (Wildman–Crippen LogP) is 1.45.